The number of aryl methyl sites for hydroxylation is 1. The maximum Gasteiger partial charge on any atom is 0.307 e. The predicted octanol–water partition coefficient (Wildman–Crippen LogP) is 1.89. The Morgan fingerprint density at radius 1 is 1.19 bits per heavy atom. The van der Waals surface area contributed by atoms with E-state index in [1.807, 2.05) is 37.4 Å². The molecule has 1 heterocycles. The van der Waals surface area contributed by atoms with Crippen LogP contribution < -0.4 is 5.32 Å². The molecule has 0 saturated carbocycles. The van der Waals surface area contributed by atoms with E-state index in [0.717, 1.165) is 5.56 Å². The SMILES string of the molecule is Cn1ccc(C(=O)NCCC(=O)OCc2ccccc2)c1. The summed E-state index contributed by atoms with van der Waals surface area (Å²) < 4.78 is 6.92. The number of hydrogen-bond donors (Lipinski definition) is 1. The van der Waals surface area contributed by atoms with Gasteiger partial charge in [0.15, 0.2) is 0 Å². The maximum absolute atomic E-state index is 11.7. The minimum Gasteiger partial charge on any atom is -0.461 e. The molecule has 0 atom stereocenters. The Morgan fingerprint density at radius 2 is 1.95 bits per heavy atom. The lowest BCUT2D eigenvalue weighted by atomic mass is 10.2. The van der Waals surface area contributed by atoms with Crippen LogP contribution >= 0.6 is 0 Å². The van der Waals surface area contributed by atoms with Crippen LogP contribution in [0.1, 0.15) is 22.3 Å². The van der Waals surface area contributed by atoms with Crippen LogP contribution in [0.15, 0.2) is 48.8 Å². The zero-order chi connectivity index (χ0) is 15.1. The third-order valence-corrected chi connectivity index (χ3v) is 2.95. The molecule has 5 heteroatoms. The van der Waals surface area contributed by atoms with Crippen LogP contribution in [0.3, 0.4) is 0 Å². The molecule has 1 N–H and O–H groups in total. The highest BCUT2D eigenvalue weighted by Crippen LogP contribution is 2.02. The van der Waals surface area contributed by atoms with E-state index in [1.54, 1.807) is 23.0 Å². The number of ether oxygens (including phenoxy) is 1. The highest BCUT2D eigenvalue weighted by atomic mass is 16.5. The van der Waals surface area contributed by atoms with E-state index in [0.29, 0.717) is 5.56 Å². The van der Waals surface area contributed by atoms with E-state index in [-0.39, 0.29) is 31.4 Å². The average Bonchev–Trinajstić information content (AvgIpc) is 2.93. The van der Waals surface area contributed by atoms with Crippen LogP contribution in [-0.4, -0.2) is 23.0 Å². The van der Waals surface area contributed by atoms with E-state index in [9.17, 15) is 9.59 Å². The standard InChI is InChI=1S/C16H18N2O3/c1-18-10-8-14(11-18)16(20)17-9-7-15(19)21-12-13-5-3-2-4-6-13/h2-6,8,10-11H,7,9,12H2,1H3,(H,17,20). The molecule has 21 heavy (non-hydrogen) atoms. The molecular formula is C16H18N2O3. The zero-order valence-electron chi connectivity index (χ0n) is 11.9. The Kier molecular flexibility index (Phi) is 5.15. The van der Waals surface area contributed by atoms with Crippen LogP contribution in [-0.2, 0) is 23.2 Å². The molecule has 110 valence electrons. The molecule has 0 radical (unpaired) electrons. The third-order valence-electron chi connectivity index (χ3n) is 2.95. The summed E-state index contributed by atoms with van der Waals surface area (Å²) >= 11 is 0. The van der Waals surface area contributed by atoms with Crippen LogP contribution in [0.4, 0.5) is 0 Å². The Hall–Kier alpha value is -2.56. The van der Waals surface area contributed by atoms with E-state index >= 15 is 0 Å². The molecule has 0 unspecified atom stereocenters. The third kappa shape index (κ3) is 4.80. The number of carbonyl (C=O) groups excluding carboxylic acids is 2. The molecule has 0 aliphatic heterocycles. The van der Waals surface area contributed by atoms with Gasteiger partial charge in [0.25, 0.3) is 5.91 Å². The summed E-state index contributed by atoms with van der Waals surface area (Å²) in [4.78, 5) is 23.3. The van der Waals surface area contributed by atoms with Gasteiger partial charge >= 0.3 is 5.97 Å². The normalized spacial score (nSPS) is 10.1. The number of esters is 1. The van der Waals surface area contributed by atoms with Gasteiger partial charge in [0.2, 0.25) is 0 Å². The first kappa shape index (κ1) is 14.8. The summed E-state index contributed by atoms with van der Waals surface area (Å²) in [6.45, 7) is 0.521. The predicted molar refractivity (Wildman–Crippen MR) is 78.6 cm³/mol. The molecule has 1 amide bonds. The summed E-state index contributed by atoms with van der Waals surface area (Å²) in [6.07, 6.45) is 3.68. The molecule has 0 aliphatic carbocycles. The van der Waals surface area contributed by atoms with E-state index < -0.39 is 0 Å². The molecule has 0 aliphatic rings. The molecule has 0 fully saturated rings. The molecule has 0 spiro atoms. The van der Waals surface area contributed by atoms with E-state index in [2.05, 4.69) is 5.32 Å². The van der Waals surface area contributed by atoms with Crippen molar-refractivity contribution >= 4 is 11.9 Å². The summed E-state index contributed by atoms with van der Waals surface area (Å²) in [6, 6.07) is 11.2. The number of hydrogen-bond acceptors (Lipinski definition) is 3. The lowest BCUT2D eigenvalue weighted by Crippen LogP contribution is -2.26. The molecule has 5 nitrogen and oxygen atoms in total. The van der Waals surface area contributed by atoms with Crippen molar-refractivity contribution in [3.63, 3.8) is 0 Å². The van der Waals surface area contributed by atoms with Crippen LogP contribution in [0.2, 0.25) is 0 Å². The number of benzene rings is 1. The number of amides is 1. The fraction of sp³-hybridized carbons (Fsp3) is 0.250. The van der Waals surface area contributed by atoms with Gasteiger partial charge in [-0.1, -0.05) is 30.3 Å². The molecule has 0 bridgehead atoms. The van der Waals surface area contributed by atoms with Gasteiger partial charge in [-0.05, 0) is 11.6 Å². The fourth-order valence-electron chi connectivity index (χ4n) is 1.83. The topological polar surface area (TPSA) is 60.3 Å². The van der Waals surface area contributed by atoms with Gasteiger partial charge in [0.05, 0.1) is 12.0 Å². The van der Waals surface area contributed by atoms with Gasteiger partial charge in [-0.2, -0.15) is 0 Å². The second-order valence-corrected chi connectivity index (χ2v) is 4.72. The largest absolute Gasteiger partial charge is 0.461 e. The number of nitrogens with one attached hydrogen (secondary N) is 1. The van der Waals surface area contributed by atoms with Crippen molar-refractivity contribution in [3.05, 3.63) is 59.9 Å². The van der Waals surface area contributed by atoms with Crippen LogP contribution in [0, 0.1) is 0 Å². The van der Waals surface area contributed by atoms with Crippen LogP contribution in [0.25, 0.3) is 0 Å². The summed E-state index contributed by atoms with van der Waals surface area (Å²) in [5.41, 5.74) is 1.52. The average molecular weight is 286 g/mol. The Balaban J connectivity index is 1.66. The Bertz CT molecular complexity index is 605. The number of rotatable bonds is 6. The molecule has 1 aromatic heterocycles. The molecule has 2 aromatic rings. The van der Waals surface area contributed by atoms with Crippen LogP contribution in [0.5, 0.6) is 0 Å². The van der Waals surface area contributed by atoms with Crippen molar-refractivity contribution in [2.24, 2.45) is 7.05 Å². The fourth-order valence-corrected chi connectivity index (χ4v) is 1.83. The van der Waals surface area contributed by atoms with Gasteiger partial charge in [-0.15, -0.1) is 0 Å². The molecule has 2 rings (SSSR count). The number of nitrogens with zero attached hydrogens (tertiary/aromatic N) is 1. The lowest BCUT2D eigenvalue weighted by molar-refractivity contribution is -0.144. The van der Waals surface area contributed by atoms with Crippen molar-refractivity contribution in [2.45, 2.75) is 13.0 Å². The smallest absolute Gasteiger partial charge is 0.307 e. The number of aromatic nitrogens is 1. The van der Waals surface area contributed by atoms with E-state index in [1.165, 1.54) is 0 Å². The van der Waals surface area contributed by atoms with Gasteiger partial charge < -0.3 is 14.6 Å². The second kappa shape index (κ2) is 7.28. The van der Waals surface area contributed by atoms with Crippen molar-refractivity contribution in [1.29, 1.82) is 0 Å². The van der Waals surface area contributed by atoms with Gasteiger partial charge in [0, 0.05) is 26.0 Å². The minimum absolute atomic E-state index is 0.158. The van der Waals surface area contributed by atoms with Crippen molar-refractivity contribution in [1.82, 2.24) is 9.88 Å². The maximum atomic E-state index is 11.7. The van der Waals surface area contributed by atoms with Crippen molar-refractivity contribution in [3.8, 4) is 0 Å². The first-order chi connectivity index (χ1) is 10.1. The minimum atomic E-state index is -0.327. The molecule has 1 aromatic carbocycles. The summed E-state index contributed by atoms with van der Waals surface area (Å²) in [7, 11) is 1.84. The quantitative estimate of drug-likeness (QED) is 0.825. The van der Waals surface area contributed by atoms with Crippen molar-refractivity contribution in [2.75, 3.05) is 6.54 Å². The second-order valence-electron chi connectivity index (χ2n) is 4.72. The highest BCUT2D eigenvalue weighted by molar-refractivity contribution is 5.94. The first-order valence-corrected chi connectivity index (χ1v) is 6.75. The Labute approximate surface area is 123 Å². The van der Waals surface area contributed by atoms with E-state index in [4.69, 9.17) is 4.74 Å². The molecular weight excluding hydrogens is 268 g/mol. The van der Waals surface area contributed by atoms with Crippen molar-refractivity contribution < 1.29 is 14.3 Å². The summed E-state index contributed by atoms with van der Waals surface area (Å²) in [5, 5.41) is 2.69. The Morgan fingerprint density at radius 3 is 2.62 bits per heavy atom. The molecule has 0 saturated heterocycles. The lowest BCUT2D eigenvalue weighted by Gasteiger charge is -2.06. The van der Waals surface area contributed by atoms with Gasteiger partial charge in [-0.3, -0.25) is 9.59 Å². The zero-order valence-corrected chi connectivity index (χ0v) is 11.9. The highest BCUT2D eigenvalue weighted by Gasteiger charge is 2.08. The van der Waals surface area contributed by atoms with Gasteiger partial charge in [-0.25, -0.2) is 0 Å². The number of carbonyl (C=O) groups is 2. The summed E-state index contributed by atoms with van der Waals surface area (Å²) in [5.74, 6) is -0.515. The first-order valence-electron chi connectivity index (χ1n) is 6.75. The monoisotopic (exact) mass is 286 g/mol. The van der Waals surface area contributed by atoms with Gasteiger partial charge in [0.1, 0.15) is 6.61 Å².